The highest BCUT2D eigenvalue weighted by Gasteiger charge is 2.33. The zero-order valence-electron chi connectivity index (χ0n) is 15.2. The Morgan fingerprint density at radius 3 is 2.88 bits per heavy atom. The molecule has 1 atom stereocenters. The predicted octanol–water partition coefficient (Wildman–Crippen LogP) is 1.42. The monoisotopic (exact) mass is 344 g/mol. The van der Waals surface area contributed by atoms with Crippen molar-refractivity contribution < 1.29 is 9.59 Å². The fraction of sp³-hybridized carbons (Fsp3) is 0.579. The van der Waals surface area contributed by atoms with Crippen molar-refractivity contribution in [1.29, 1.82) is 0 Å². The molecule has 2 saturated heterocycles. The number of rotatable bonds is 5. The summed E-state index contributed by atoms with van der Waals surface area (Å²) in [4.78, 5) is 30.8. The summed E-state index contributed by atoms with van der Waals surface area (Å²) in [6.45, 7) is 3.82. The second-order valence-corrected chi connectivity index (χ2v) is 7.23. The molecule has 0 saturated carbocycles. The molecule has 1 unspecified atom stereocenters. The molecule has 1 aromatic rings. The minimum absolute atomic E-state index is 0.00461. The number of hydrogen-bond donors (Lipinski definition) is 1. The zero-order chi connectivity index (χ0) is 17.8. The number of likely N-dealkylation sites (tertiary alicyclic amines) is 1. The van der Waals surface area contributed by atoms with Gasteiger partial charge in [0.15, 0.2) is 0 Å². The number of hydrogen-bond acceptors (Lipinski definition) is 3. The van der Waals surface area contributed by atoms with E-state index in [9.17, 15) is 9.59 Å². The third kappa shape index (κ3) is 4.31. The first-order valence-corrected chi connectivity index (χ1v) is 9.12. The lowest BCUT2D eigenvalue weighted by molar-refractivity contribution is 0.0634. The summed E-state index contributed by atoms with van der Waals surface area (Å²) in [6, 6.07) is 8.09. The lowest BCUT2D eigenvalue weighted by Gasteiger charge is -2.37. The van der Waals surface area contributed by atoms with Crippen LogP contribution < -0.4 is 5.32 Å². The van der Waals surface area contributed by atoms with Gasteiger partial charge in [-0.15, -0.1) is 0 Å². The van der Waals surface area contributed by atoms with Gasteiger partial charge >= 0.3 is 6.03 Å². The smallest absolute Gasteiger partial charge is 0.317 e. The van der Waals surface area contributed by atoms with E-state index in [0.717, 1.165) is 44.5 Å². The van der Waals surface area contributed by atoms with Crippen molar-refractivity contribution in [2.45, 2.75) is 25.3 Å². The van der Waals surface area contributed by atoms with Crippen molar-refractivity contribution in [1.82, 2.24) is 20.0 Å². The number of nitrogens with zero attached hydrogens (tertiary/aromatic N) is 3. The van der Waals surface area contributed by atoms with Gasteiger partial charge in [-0.25, -0.2) is 4.79 Å². The SMILES string of the molecule is CN(C)CCc1cccc(C(=O)N2CCCC(N3CCNC3=O)C2)c1. The van der Waals surface area contributed by atoms with Gasteiger partial charge in [-0.2, -0.15) is 0 Å². The maximum absolute atomic E-state index is 12.9. The molecule has 6 nitrogen and oxygen atoms in total. The summed E-state index contributed by atoms with van der Waals surface area (Å²) in [6.07, 6.45) is 2.85. The van der Waals surface area contributed by atoms with Gasteiger partial charge in [0.25, 0.3) is 5.91 Å². The van der Waals surface area contributed by atoms with Crippen LogP contribution in [0.2, 0.25) is 0 Å². The summed E-state index contributed by atoms with van der Waals surface area (Å²) >= 11 is 0. The Bertz CT molecular complexity index is 632. The Morgan fingerprint density at radius 1 is 1.32 bits per heavy atom. The van der Waals surface area contributed by atoms with Crippen LogP contribution in [-0.4, -0.2) is 79.5 Å². The summed E-state index contributed by atoms with van der Waals surface area (Å²) in [5.41, 5.74) is 1.94. The van der Waals surface area contributed by atoms with Crippen LogP contribution in [0.15, 0.2) is 24.3 Å². The molecule has 0 bridgehead atoms. The molecular weight excluding hydrogens is 316 g/mol. The van der Waals surface area contributed by atoms with E-state index in [1.54, 1.807) is 0 Å². The minimum atomic E-state index is 0.00461. The Balaban J connectivity index is 1.65. The molecule has 3 amide bonds. The van der Waals surface area contributed by atoms with Crippen LogP contribution in [0.5, 0.6) is 0 Å². The molecule has 25 heavy (non-hydrogen) atoms. The number of carbonyl (C=O) groups is 2. The van der Waals surface area contributed by atoms with Gasteiger partial charge in [0.2, 0.25) is 0 Å². The number of nitrogens with one attached hydrogen (secondary N) is 1. The molecule has 0 aromatic heterocycles. The fourth-order valence-electron chi connectivity index (χ4n) is 3.62. The van der Waals surface area contributed by atoms with Crippen LogP contribution in [0.4, 0.5) is 4.79 Å². The quantitative estimate of drug-likeness (QED) is 0.879. The zero-order valence-corrected chi connectivity index (χ0v) is 15.2. The number of benzene rings is 1. The Hall–Kier alpha value is -2.08. The molecule has 2 heterocycles. The number of carbonyl (C=O) groups excluding carboxylic acids is 2. The summed E-state index contributed by atoms with van der Waals surface area (Å²) in [7, 11) is 4.11. The van der Waals surface area contributed by atoms with Crippen molar-refractivity contribution in [3.8, 4) is 0 Å². The van der Waals surface area contributed by atoms with Crippen molar-refractivity contribution >= 4 is 11.9 Å². The molecule has 1 N–H and O–H groups in total. The molecule has 3 rings (SSSR count). The van der Waals surface area contributed by atoms with Gasteiger partial charge < -0.3 is 20.0 Å². The highest BCUT2D eigenvalue weighted by atomic mass is 16.2. The maximum atomic E-state index is 12.9. The standard InChI is InChI=1S/C19H28N4O2/c1-21(2)11-8-15-5-3-6-16(13-15)18(24)22-10-4-7-17(14-22)23-12-9-20-19(23)25/h3,5-6,13,17H,4,7-12,14H2,1-2H3,(H,20,25). The van der Waals surface area contributed by atoms with Gasteiger partial charge in [0, 0.05) is 38.3 Å². The van der Waals surface area contributed by atoms with E-state index in [2.05, 4.69) is 30.4 Å². The van der Waals surface area contributed by atoms with Crippen LogP contribution in [0.1, 0.15) is 28.8 Å². The predicted molar refractivity (Wildman–Crippen MR) is 97.7 cm³/mol. The van der Waals surface area contributed by atoms with E-state index in [1.807, 2.05) is 28.0 Å². The Kier molecular flexibility index (Phi) is 5.58. The lowest BCUT2D eigenvalue weighted by atomic mass is 10.0. The Morgan fingerprint density at radius 2 is 2.16 bits per heavy atom. The Labute approximate surface area is 149 Å². The first kappa shape index (κ1) is 17.7. The van der Waals surface area contributed by atoms with Crippen molar-refractivity contribution in [2.24, 2.45) is 0 Å². The topological polar surface area (TPSA) is 55.9 Å². The second-order valence-electron chi connectivity index (χ2n) is 7.23. The van der Waals surface area contributed by atoms with Gasteiger partial charge in [0.05, 0.1) is 6.04 Å². The van der Waals surface area contributed by atoms with E-state index in [1.165, 1.54) is 5.56 Å². The fourth-order valence-corrected chi connectivity index (χ4v) is 3.62. The van der Waals surface area contributed by atoms with Crippen LogP contribution in [-0.2, 0) is 6.42 Å². The maximum Gasteiger partial charge on any atom is 0.317 e. The summed E-state index contributed by atoms with van der Waals surface area (Å²) in [5, 5.41) is 2.85. The second kappa shape index (κ2) is 7.87. The van der Waals surface area contributed by atoms with Gasteiger partial charge in [-0.3, -0.25) is 4.79 Å². The summed E-state index contributed by atoms with van der Waals surface area (Å²) < 4.78 is 0. The minimum Gasteiger partial charge on any atom is -0.337 e. The highest BCUT2D eigenvalue weighted by molar-refractivity contribution is 5.94. The molecular formula is C19H28N4O2. The lowest BCUT2D eigenvalue weighted by Crippen LogP contribution is -2.50. The molecule has 0 spiro atoms. The normalized spacial score (nSPS) is 20.9. The van der Waals surface area contributed by atoms with Gasteiger partial charge in [-0.05, 0) is 51.1 Å². The van der Waals surface area contributed by atoms with Crippen LogP contribution in [0.3, 0.4) is 0 Å². The van der Waals surface area contributed by atoms with E-state index in [4.69, 9.17) is 0 Å². The van der Waals surface area contributed by atoms with Crippen molar-refractivity contribution in [3.63, 3.8) is 0 Å². The third-order valence-corrected chi connectivity index (χ3v) is 5.04. The molecule has 0 radical (unpaired) electrons. The van der Waals surface area contributed by atoms with Crippen LogP contribution in [0, 0.1) is 0 Å². The van der Waals surface area contributed by atoms with Crippen molar-refractivity contribution in [2.75, 3.05) is 46.8 Å². The van der Waals surface area contributed by atoms with Crippen LogP contribution in [0.25, 0.3) is 0 Å². The number of amides is 3. The molecule has 136 valence electrons. The molecule has 2 aliphatic heterocycles. The average molecular weight is 344 g/mol. The first-order valence-electron chi connectivity index (χ1n) is 9.12. The molecule has 1 aromatic carbocycles. The van der Waals surface area contributed by atoms with E-state index >= 15 is 0 Å². The van der Waals surface area contributed by atoms with Gasteiger partial charge in [0.1, 0.15) is 0 Å². The van der Waals surface area contributed by atoms with E-state index < -0.39 is 0 Å². The number of piperidine rings is 1. The van der Waals surface area contributed by atoms with Crippen molar-refractivity contribution in [3.05, 3.63) is 35.4 Å². The molecule has 2 fully saturated rings. The third-order valence-electron chi connectivity index (χ3n) is 5.04. The molecule has 0 aliphatic carbocycles. The molecule has 6 heteroatoms. The van der Waals surface area contributed by atoms with E-state index in [0.29, 0.717) is 13.1 Å². The first-order chi connectivity index (χ1) is 12.0. The number of urea groups is 1. The largest absolute Gasteiger partial charge is 0.337 e. The highest BCUT2D eigenvalue weighted by Crippen LogP contribution is 2.20. The van der Waals surface area contributed by atoms with E-state index in [-0.39, 0.29) is 18.0 Å². The average Bonchev–Trinajstić information content (AvgIpc) is 3.05. The van der Waals surface area contributed by atoms with Crippen LogP contribution >= 0.6 is 0 Å². The summed E-state index contributed by atoms with van der Waals surface area (Å²) in [5.74, 6) is 0.0796. The number of likely N-dealkylation sites (N-methyl/N-ethyl adjacent to an activating group) is 1. The van der Waals surface area contributed by atoms with Gasteiger partial charge in [-0.1, -0.05) is 12.1 Å². The molecule has 2 aliphatic rings.